The molecule has 2 heterocycles. The summed E-state index contributed by atoms with van der Waals surface area (Å²) >= 11 is 0. The van der Waals surface area contributed by atoms with Gasteiger partial charge in [0.25, 0.3) is 5.56 Å². The van der Waals surface area contributed by atoms with E-state index in [2.05, 4.69) is 4.98 Å². The smallest absolute Gasteiger partial charge is 0.341 e. The van der Waals surface area contributed by atoms with Gasteiger partial charge in [0.15, 0.2) is 0 Å². The van der Waals surface area contributed by atoms with Gasteiger partial charge in [0, 0.05) is 18.2 Å². The summed E-state index contributed by atoms with van der Waals surface area (Å²) < 4.78 is 5.19. The van der Waals surface area contributed by atoms with Crippen molar-refractivity contribution in [3.05, 3.63) is 33.7 Å². The summed E-state index contributed by atoms with van der Waals surface area (Å²) in [6.45, 7) is 1.27. The maximum atomic E-state index is 11.4. The molecule has 5 heteroatoms. The van der Waals surface area contributed by atoms with Crippen molar-refractivity contribution in [2.45, 2.75) is 12.3 Å². The van der Waals surface area contributed by atoms with E-state index in [0.717, 1.165) is 12.1 Å². The van der Waals surface area contributed by atoms with E-state index in [-0.39, 0.29) is 11.5 Å². The molecule has 2 rings (SSSR count). The Balaban J connectivity index is 2.32. The van der Waals surface area contributed by atoms with Gasteiger partial charge >= 0.3 is 5.97 Å². The van der Waals surface area contributed by atoms with Crippen LogP contribution in [0, 0.1) is 0 Å². The Bertz CT molecular complexity index is 431. The largest absolute Gasteiger partial charge is 0.477 e. The van der Waals surface area contributed by atoms with Crippen molar-refractivity contribution in [3.8, 4) is 0 Å². The number of H-pyrrole nitrogens is 1. The number of rotatable bonds is 2. The van der Waals surface area contributed by atoms with Crippen molar-refractivity contribution >= 4 is 5.97 Å². The van der Waals surface area contributed by atoms with Gasteiger partial charge in [-0.25, -0.2) is 4.79 Å². The van der Waals surface area contributed by atoms with Gasteiger partial charge in [-0.1, -0.05) is 0 Å². The van der Waals surface area contributed by atoms with Gasteiger partial charge < -0.3 is 14.8 Å². The second-order valence-electron chi connectivity index (χ2n) is 3.52. The molecule has 0 radical (unpaired) electrons. The first kappa shape index (κ1) is 9.92. The van der Waals surface area contributed by atoms with Gasteiger partial charge in [0.2, 0.25) is 0 Å². The number of hydrogen-bond donors (Lipinski definition) is 2. The molecule has 1 aliphatic rings. The zero-order valence-electron chi connectivity index (χ0n) is 8.03. The predicted octanol–water partition coefficient (Wildman–Crippen LogP) is 0.577. The molecule has 0 saturated carbocycles. The summed E-state index contributed by atoms with van der Waals surface area (Å²) in [5, 5.41) is 8.68. The molecule has 2 N–H and O–H groups in total. The SMILES string of the molecule is O=C(O)c1ccc(C2CCOC2)[nH]c1=O. The van der Waals surface area contributed by atoms with Gasteiger partial charge in [-0.3, -0.25) is 4.79 Å². The lowest BCUT2D eigenvalue weighted by atomic mass is 10.0. The third-order valence-electron chi connectivity index (χ3n) is 2.53. The summed E-state index contributed by atoms with van der Waals surface area (Å²) in [6, 6.07) is 2.99. The number of aromatic nitrogens is 1. The minimum atomic E-state index is -1.20. The predicted molar refractivity (Wildman–Crippen MR) is 52.2 cm³/mol. The summed E-state index contributed by atoms with van der Waals surface area (Å²) in [6.07, 6.45) is 0.863. The van der Waals surface area contributed by atoms with Gasteiger partial charge in [0.05, 0.1) is 6.61 Å². The van der Waals surface area contributed by atoms with Gasteiger partial charge in [0.1, 0.15) is 5.56 Å². The third kappa shape index (κ3) is 1.92. The Hall–Kier alpha value is -1.62. The summed E-state index contributed by atoms with van der Waals surface area (Å²) in [4.78, 5) is 24.6. The Morgan fingerprint density at radius 3 is 2.87 bits per heavy atom. The molecule has 1 aromatic rings. The topological polar surface area (TPSA) is 79.4 Å². The summed E-state index contributed by atoms with van der Waals surface area (Å²) in [5.74, 6) is -1.02. The van der Waals surface area contributed by atoms with Crippen LogP contribution in [0.3, 0.4) is 0 Å². The van der Waals surface area contributed by atoms with E-state index in [1.54, 1.807) is 6.07 Å². The highest BCUT2D eigenvalue weighted by atomic mass is 16.5. The van der Waals surface area contributed by atoms with Gasteiger partial charge in [-0.2, -0.15) is 0 Å². The lowest BCUT2D eigenvalue weighted by molar-refractivity contribution is 0.0695. The van der Waals surface area contributed by atoms with Crippen LogP contribution in [0.5, 0.6) is 0 Å². The van der Waals surface area contributed by atoms with Crippen LogP contribution in [0.2, 0.25) is 0 Å². The van der Waals surface area contributed by atoms with E-state index in [1.165, 1.54) is 6.07 Å². The molecule has 0 bridgehead atoms. The van der Waals surface area contributed by atoms with Crippen LogP contribution in [0.15, 0.2) is 16.9 Å². The van der Waals surface area contributed by atoms with Crippen LogP contribution in [0.1, 0.15) is 28.4 Å². The molecular weight excluding hydrogens is 198 g/mol. The highest BCUT2D eigenvalue weighted by molar-refractivity contribution is 5.86. The first-order valence-electron chi connectivity index (χ1n) is 4.73. The number of aromatic amines is 1. The third-order valence-corrected chi connectivity index (χ3v) is 2.53. The molecule has 80 valence electrons. The Kier molecular flexibility index (Phi) is 2.55. The number of pyridine rings is 1. The van der Waals surface area contributed by atoms with Crippen LogP contribution >= 0.6 is 0 Å². The molecule has 0 aliphatic carbocycles. The molecule has 5 nitrogen and oxygen atoms in total. The molecule has 1 unspecified atom stereocenters. The van der Waals surface area contributed by atoms with E-state index >= 15 is 0 Å². The van der Waals surface area contributed by atoms with Crippen molar-refractivity contribution in [2.24, 2.45) is 0 Å². The number of ether oxygens (including phenoxy) is 1. The van der Waals surface area contributed by atoms with Gasteiger partial charge in [-0.05, 0) is 18.6 Å². The molecule has 1 aromatic heterocycles. The maximum absolute atomic E-state index is 11.4. The van der Waals surface area contributed by atoms with E-state index < -0.39 is 11.5 Å². The van der Waals surface area contributed by atoms with Crippen molar-refractivity contribution in [2.75, 3.05) is 13.2 Å². The zero-order chi connectivity index (χ0) is 10.8. The molecule has 1 atom stereocenters. The molecular formula is C10H11NO4. The van der Waals surface area contributed by atoms with E-state index in [1.807, 2.05) is 0 Å². The number of carboxylic acid groups (broad SMARTS) is 1. The number of hydrogen-bond acceptors (Lipinski definition) is 3. The van der Waals surface area contributed by atoms with Crippen LogP contribution < -0.4 is 5.56 Å². The molecule has 1 fully saturated rings. The maximum Gasteiger partial charge on any atom is 0.341 e. The minimum Gasteiger partial charge on any atom is -0.477 e. The number of carbonyl (C=O) groups is 1. The van der Waals surface area contributed by atoms with Crippen LogP contribution in [-0.4, -0.2) is 29.3 Å². The molecule has 0 spiro atoms. The quantitative estimate of drug-likeness (QED) is 0.746. The number of aromatic carboxylic acids is 1. The fourth-order valence-electron chi connectivity index (χ4n) is 1.68. The molecule has 0 aromatic carbocycles. The normalized spacial score (nSPS) is 20.4. The Morgan fingerprint density at radius 1 is 1.53 bits per heavy atom. The van der Waals surface area contributed by atoms with E-state index in [4.69, 9.17) is 9.84 Å². The first-order chi connectivity index (χ1) is 7.18. The Labute approximate surface area is 85.7 Å². The second-order valence-corrected chi connectivity index (χ2v) is 3.52. The first-order valence-corrected chi connectivity index (χ1v) is 4.73. The average Bonchev–Trinajstić information content (AvgIpc) is 2.69. The number of nitrogens with one attached hydrogen (secondary N) is 1. The molecule has 0 amide bonds. The van der Waals surface area contributed by atoms with E-state index in [0.29, 0.717) is 13.2 Å². The zero-order valence-corrected chi connectivity index (χ0v) is 8.03. The standard InChI is InChI=1S/C10H11NO4/c12-9-7(10(13)14)1-2-8(11-9)6-3-4-15-5-6/h1-2,6H,3-5H2,(H,11,12)(H,13,14). The fourth-order valence-corrected chi connectivity index (χ4v) is 1.68. The van der Waals surface area contributed by atoms with Crippen molar-refractivity contribution in [3.63, 3.8) is 0 Å². The number of carboxylic acids is 1. The van der Waals surface area contributed by atoms with Crippen LogP contribution in [-0.2, 0) is 4.74 Å². The second kappa shape index (κ2) is 3.86. The summed E-state index contributed by atoms with van der Waals surface area (Å²) in [5.41, 5.74) is -0.0212. The minimum absolute atomic E-state index is 0.181. The monoisotopic (exact) mass is 209 g/mol. The molecule has 15 heavy (non-hydrogen) atoms. The Morgan fingerprint density at radius 2 is 2.33 bits per heavy atom. The highest BCUT2D eigenvalue weighted by Gasteiger charge is 2.19. The lowest BCUT2D eigenvalue weighted by Gasteiger charge is -2.07. The molecule has 1 saturated heterocycles. The van der Waals surface area contributed by atoms with Crippen LogP contribution in [0.25, 0.3) is 0 Å². The molecule has 1 aliphatic heterocycles. The van der Waals surface area contributed by atoms with Crippen molar-refractivity contribution in [1.82, 2.24) is 4.98 Å². The lowest BCUT2D eigenvalue weighted by Crippen LogP contribution is -2.19. The fraction of sp³-hybridized carbons (Fsp3) is 0.400. The van der Waals surface area contributed by atoms with E-state index in [9.17, 15) is 9.59 Å². The van der Waals surface area contributed by atoms with Crippen molar-refractivity contribution < 1.29 is 14.6 Å². The summed E-state index contributed by atoms with van der Waals surface area (Å²) in [7, 11) is 0. The highest BCUT2D eigenvalue weighted by Crippen LogP contribution is 2.22. The van der Waals surface area contributed by atoms with Crippen molar-refractivity contribution in [1.29, 1.82) is 0 Å². The van der Waals surface area contributed by atoms with Gasteiger partial charge in [-0.15, -0.1) is 0 Å². The van der Waals surface area contributed by atoms with Crippen LogP contribution in [0.4, 0.5) is 0 Å². The average molecular weight is 209 g/mol.